The molecule has 0 spiro atoms. The van der Waals surface area contributed by atoms with E-state index in [1.807, 2.05) is 35.7 Å². The van der Waals surface area contributed by atoms with Gasteiger partial charge in [-0.1, -0.05) is 54.1 Å². The first kappa shape index (κ1) is 14.8. The highest BCUT2D eigenvalue weighted by molar-refractivity contribution is 7.13. The fraction of sp³-hybridized carbons (Fsp3) is 0.0588. The van der Waals surface area contributed by atoms with Gasteiger partial charge < -0.3 is 5.32 Å². The molecule has 1 heterocycles. The maximum Gasteiger partial charge on any atom is 0.253 e. The predicted molar refractivity (Wildman–Crippen MR) is 90.2 cm³/mol. The van der Waals surface area contributed by atoms with Crippen molar-refractivity contribution in [1.29, 1.82) is 0 Å². The van der Waals surface area contributed by atoms with Crippen LogP contribution in [0.1, 0.15) is 16.1 Å². The van der Waals surface area contributed by atoms with Crippen molar-refractivity contribution in [2.45, 2.75) is 6.54 Å². The van der Waals surface area contributed by atoms with Gasteiger partial charge >= 0.3 is 0 Å². The molecule has 0 saturated heterocycles. The molecule has 0 atom stereocenters. The molecule has 3 rings (SSSR count). The normalized spacial score (nSPS) is 10.4. The molecule has 1 amide bonds. The minimum atomic E-state index is -0.195. The third-order valence-electron chi connectivity index (χ3n) is 3.12. The van der Waals surface area contributed by atoms with Crippen LogP contribution in [0.3, 0.4) is 0 Å². The van der Waals surface area contributed by atoms with Gasteiger partial charge in [-0.2, -0.15) is 0 Å². The Balaban J connectivity index is 1.67. The van der Waals surface area contributed by atoms with Crippen LogP contribution in [0.25, 0.3) is 10.6 Å². The van der Waals surface area contributed by atoms with Crippen LogP contribution in [0.2, 0.25) is 5.02 Å². The van der Waals surface area contributed by atoms with Crippen LogP contribution in [-0.2, 0) is 6.54 Å². The van der Waals surface area contributed by atoms with Crippen molar-refractivity contribution in [2.75, 3.05) is 0 Å². The Labute approximate surface area is 137 Å². The van der Waals surface area contributed by atoms with Crippen molar-refractivity contribution >= 4 is 28.8 Å². The first-order valence-electron chi connectivity index (χ1n) is 6.76. The van der Waals surface area contributed by atoms with Crippen LogP contribution in [0.15, 0.2) is 60.0 Å². The van der Waals surface area contributed by atoms with Gasteiger partial charge in [0.2, 0.25) is 0 Å². The zero-order valence-corrected chi connectivity index (χ0v) is 13.2. The monoisotopic (exact) mass is 328 g/mol. The Bertz CT molecular complexity index is 786. The molecule has 0 aliphatic carbocycles. The van der Waals surface area contributed by atoms with Gasteiger partial charge in [0, 0.05) is 10.9 Å². The summed E-state index contributed by atoms with van der Waals surface area (Å²) in [7, 11) is 0. The topological polar surface area (TPSA) is 42.0 Å². The Morgan fingerprint density at radius 1 is 1.09 bits per heavy atom. The summed E-state index contributed by atoms with van der Waals surface area (Å²) in [5.41, 5.74) is 2.39. The highest BCUT2D eigenvalue weighted by Crippen LogP contribution is 2.23. The third kappa shape index (κ3) is 3.35. The van der Waals surface area contributed by atoms with Gasteiger partial charge in [-0.15, -0.1) is 11.3 Å². The number of halogens is 1. The van der Waals surface area contributed by atoms with E-state index in [0.717, 1.165) is 16.3 Å². The number of amides is 1. The van der Waals surface area contributed by atoms with Crippen LogP contribution in [0, 0.1) is 0 Å². The number of hydrogen-bond acceptors (Lipinski definition) is 3. The molecular formula is C17H13ClN2OS. The van der Waals surface area contributed by atoms with E-state index in [1.165, 1.54) is 0 Å². The minimum Gasteiger partial charge on any atom is -0.346 e. The summed E-state index contributed by atoms with van der Waals surface area (Å²) in [6.07, 6.45) is 0. The average molecular weight is 329 g/mol. The molecule has 110 valence electrons. The van der Waals surface area contributed by atoms with Gasteiger partial charge in [-0.05, 0) is 12.1 Å². The molecule has 0 unspecified atom stereocenters. The van der Waals surface area contributed by atoms with E-state index >= 15 is 0 Å². The summed E-state index contributed by atoms with van der Waals surface area (Å²) < 4.78 is 0. The molecule has 0 radical (unpaired) electrons. The molecule has 1 N–H and O–H groups in total. The van der Waals surface area contributed by atoms with Crippen LogP contribution in [0.5, 0.6) is 0 Å². The lowest BCUT2D eigenvalue weighted by molar-refractivity contribution is 0.0950. The second-order valence-electron chi connectivity index (χ2n) is 4.67. The number of hydrogen-bond donors (Lipinski definition) is 1. The van der Waals surface area contributed by atoms with Gasteiger partial charge in [0.15, 0.2) is 0 Å². The molecule has 1 aromatic heterocycles. The lowest BCUT2D eigenvalue weighted by Crippen LogP contribution is -2.23. The predicted octanol–water partition coefficient (Wildman–Crippen LogP) is 4.39. The van der Waals surface area contributed by atoms with Crippen molar-refractivity contribution in [1.82, 2.24) is 10.3 Å². The minimum absolute atomic E-state index is 0.195. The smallest absolute Gasteiger partial charge is 0.253 e. The molecule has 5 heteroatoms. The number of carbonyl (C=O) groups is 1. The van der Waals surface area contributed by atoms with Gasteiger partial charge in [-0.25, -0.2) is 4.98 Å². The Kier molecular flexibility index (Phi) is 4.51. The number of aromatic nitrogens is 1. The number of nitrogens with one attached hydrogen (secondary N) is 1. The molecule has 22 heavy (non-hydrogen) atoms. The van der Waals surface area contributed by atoms with E-state index in [9.17, 15) is 4.79 Å². The Morgan fingerprint density at radius 2 is 1.82 bits per heavy atom. The summed E-state index contributed by atoms with van der Waals surface area (Å²) in [6.45, 7) is 0.382. The van der Waals surface area contributed by atoms with Gasteiger partial charge in [0.1, 0.15) is 5.01 Å². The van der Waals surface area contributed by atoms with E-state index in [1.54, 1.807) is 35.6 Å². The Morgan fingerprint density at radius 3 is 2.59 bits per heavy atom. The second-order valence-corrected chi connectivity index (χ2v) is 5.94. The van der Waals surface area contributed by atoms with E-state index in [4.69, 9.17) is 11.6 Å². The SMILES string of the molecule is O=C(NCc1csc(-c2ccccc2)n1)c1ccccc1Cl. The van der Waals surface area contributed by atoms with Crippen molar-refractivity contribution in [3.05, 3.63) is 76.3 Å². The van der Waals surface area contributed by atoms with Gasteiger partial charge in [0.25, 0.3) is 5.91 Å². The van der Waals surface area contributed by atoms with Crippen LogP contribution < -0.4 is 5.32 Å². The number of rotatable bonds is 4. The van der Waals surface area contributed by atoms with E-state index in [-0.39, 0.29) is 5.91 Å². The zero-order chi connectivity index (χ0) is 15.4. The summed E-state index contributed by atoms with van der Waals surface area (Å²) in [5, 5.41) is 6.19. The summed E-state index contributed by atoms with van der Waals surface area (Å²) >= 11 is 7.58. The average Bonchev–Trinajstić information content (AvgIpc) is 3.03. The molecule has 0 saturated carbocycles. The fourth-order valence-corrected chi connectivity index (χ4v) is 3.06. The summed E-state index contributed by atoms with van der Waals surface area (Å²) in [6, 6.07) is 17.0. The first-order chi connectivity index (χ1) is 10.7. The maximum absolute atomic E-state index is 12.1. The highest BCUT2D eigenvalue weighted by atomic mass is 35.5. The number of thiazole rings is 1. The van der Waals surface area contributed by atoms with Crippen molar-refractivity contribution in [2.24, 2.45) is 0 Å². The second kappa shape index (κ2) is 6.73. The van der Waals surface area contributed by atoms with Crippen LogP contribution >= 0.6 is 22.9 Å². The number of benzene rings is 2. The molecule has 0 bridgehead atoms. The molecule has 3 aromatic rings. The molecule has 0 aliphatic rings. The van der Waals surface area contributed by atoms with E-state index in [0.29, 0.717) is 17.1 Å². The zero-order valence-electron chi connectivity index (χ0n) is 11.6. The Hall–Kier alpha value is -2.17. The standard InChI is InChI=1S/C17H13ClN2OS/c18-15-9-5-4-8-14(15)16(21)19-10-13-11-22-17(20-13)12-6-2-1-3-7-12/h1-9,11H,10H2,(H,19,21). The lowest BCUT2D eigenvalue weighted by atomic mass is 10.2. The van der Waals surface area contributed by atoms with Gasteiger partial charge in [-0.3, -0.25) is 4.79 Å². The largest absolute Gasteiger partial charge is 0.346 e. The molecule has 0 fully saturated rings. The maximum atomic E-state index is 12.1. The van der Waals surface area contributed by atoms with Crippen molar-refractivity contribution in [3.8, 4) is 10.6 Å². The van der Waals surface area contributed by atoms with Crippen molar-refractivity contribution < 1.29 is 4.79 Å². The van der Waals surface area contributed by atoms with Crippen LogP contribution in [0.4, 0.5) is 0 Å². The lowest BCUT2D eigenvalue weighted by Gasteiger charge is -2.04. The van der Waals surface area contributed by atoms with Crippen LogP contribution in [-0.4, -0.2) is 10.9 Å². The highest BCUT2D eigenvalue weighted by Gasteiger charge is 2.10. The summed E-state index contributed by atoms with van der Waals surface area (Å²) in [5.74, 6) is -0.195. The third-order valence-corrected chi connectivity index (χ3v) is 4.39. The van der Waals surface area contributed by atoms with Crippen molar-refractivity contribution in [3.63, 3.8) is 0 Å². The molecular weight excluding hydrogens is 316 g/mol. The molecule has 2 aromatic carbocycles. The van der Waals surface area contributed by atoms with E-state index in [2.05, 4.69) is 10.3 Å². The first-order valence-corrected chi connectivity index (χ1v) is 8.02. The molecule has 0 aliphatic heterocycles. The van der Waals surface area contributed by atoms with E-state index < -0.39 is 0 Å². The number of carbonyl (C=O) groups excluding carboxylic acids is 1. The number of nitrogens with zero attached hydrogens (tertiary/aromatic N) is 1. The summed E-state index contributed by atoms with van der Waals surface area (Å²) in [4.78, 5) is 16.6. The fourth-order valence-electron chi connectivity index (χ4n) is 2.01. The quantitative estimate of drug-likeness (QED) is 0.771. The molecule has 3 nitrogen and oxygen atoms in total. The van der Waals surface area contributed by atoms with Gasteiger partial charge in [0.05, 0.1) is 22.8 Å².